The van der Waals surface area contributed by atoms with Crippen LogP contribution in [0.25, 0.3) is 6.08 Å². The molecule has 0 atom stereocenters. The van der Waals surface area contributed by atoms with Gasteiger partial charge in [0.2, 0.25) is 5.90 Å². The first-order valence-corrected chi connectivity index (χ1v) is 9.62. The highest BCUT2D eigenvalue weighted by molar-refractivity contribution is 6.30. The first kappa shape index (κ1) is 21.0. The average molecular weight is 449 g/mol. The molecule has 9 heteroatoms. The Balaban J connectivity index is 1.47. The van der Waals surface area contributed by atoms with Gasteiger partial charge in [-0.15, -0.1) is 0 Å². The molecule has 1 aliphatic rings. The van der Waals surface area contributed by atoms with Crippen molar-refractivity contribution in [3.63, 3.8) is 0 Å². The van der Waals surface area contributed by atoms with E-state index in [1.807, 2.05) is 0 Å². The number of hydrogen-bond donors (Lipinski definition) is 0. The molecule has 0 saturated carbocycles. The van der Waals surface area contributed by atoms with Gasteiger partial charge in [0.05, 0.1) is 10.5 Å². The predicted octanol–water partition coefficient (Wildman–Crippen LogP) is 4.81. The van der Waals surface area contributed by atoms with Gasteiger partial charge in [-0.05, 0) is 60.2 Å². The van der Waals surface area contributed by atoms with E-state index in [1.54, 1.807) is 48.5 Å². The Morgan fingerprint density at radius 3 is 2.28 bits per heavy atom. The molecule has 0 amide bonds. The zero-order chi connectivity index (χ0) is 22.7. The molecule has 0 bridgehead atoms. The topological polar surface area (TPSA) is 108 Å². The van der Waals surface area contributed by atoms with Crippen molar-refractivity contribution in [1.82, 2.24) is 0 Å². The molecule has 0 spiro atoms. The van der Waals surface area contributed by atoms with Gasteiger partial charge >= 0.3 is 11.9 Å². The van der Waals surface area contributed by atoms with E-state index in [2.05, 4.69) is 4.99 Å². The van der Waals surface area contributed by atoms with Crippen molar-refractivity contribution < 1.29 is 24.0 Å². The lowest BCUT2D eigenvalue weighted by molar-refractivity contribution is -0.384. The van der Waals surface area contributed by atoms with Crippen molar-refractivity contribution in [2.75, 3.05) is 0 Å². The number of nitro groups is 1. The molecule has 0 aromatic heterocycles. The second-order valence-corrected chi connectivity index (χ2v) is 7.04. The Kier molecular flexibility index (Phi) is 5.78. The molecular weight excluding hydrogens is 436 g/mol. The third-order valence-electron chi connectivity index (χ3n) is 4.42. The second kappa shape index (κ2) is 8.83. The summed E-state index contributed by atoms with van der Waals surface area (Å²) in [5.41, 5.74) is 1.44. The summed E-state index contributed by atoms with van der Waals surface area (Å²) >= 11 is 5.81. The number of carbonyl (C=O) groups excluding carboxylic acids is 2. The van der Waals surface area contributed by atoms with Gasteiger partial charge in [-0.3, -0.25) is 10.1 Å². The number of carbonyl (C=O) groups is 2. The number of benzene rings is 3. The lowest BCUT2D eigenvalue weighted by Gasteiger charge is -2.05. The molecule has 0 saturated heterocycles. The van der Waals surface area contributed by atoms with Crippen LogP contribution in [-0.2, 0) is 9.53 Å². The first-order chi connectivity index (χ1) is 15.4. The fourth-order valence-corrected chi connectivity index (χ4v) is 2.93. The van der Waals surface area contributed by atoms with E-state index in [0.717, 1.165) is 0 Å². The maximum atomic E-state index is 12.2. The zero-order valence-corrected chi connectivity index (χ0v) is 17.0. The molecule has 0 aliphatic carbocycles. The van der Waals surface area contributed by atoms with Crippen LogP contribution in [0.4, 0.5) is 5.69 Å². The van der Waals surface area contributed by atoms with Gasteiger partial charge in [-0.1, -0.05) is 23.7 Å². The summed E-state index contributed by atoms with van der Waals surface area (Å²) in [5.74, 6) is -0.776. The van der Waals surface area contributed by atoms with Gasteiger partial charge in [0.15, 0.2) is 5.70 Å². The maximum absolute atomic E-state index is 12.2. The van der Waals surface area contributed by atoms with Crippen LogP contribution in [0.1, 0.15) is 21.5 Å². The summed E-state index contributed by atoms with van der Waals surface area (Å²) < 4.78 is 10.5. The molecule has 0 N–H and O–H groups in total. The third-order valence-corrected chi connectivity index (χ3v) is 4.67. The minimum absolute atomic E-state index is 0.0599. The van der Waals surface area contributed by atoms with E-state index in [-0.39, 0.29) is 17.3 Å². The molecule has 4 rings (SSSR count). The summed E-state index contributed by atoms with van der Waals surface area (Å²) in [6.07, 6.45) is 1.52. The number of cyclic esters (lactones) is 1. The van der Waals surface area contributed by atoms with Crippen molar-refractivity contribution in [2.45, 2.75) is 0 Å². The molecule has 3 aromatic rings. The van der Waals surface area contributed by atoms with Gasteiger partial charge in [0.25, 0.3) is 5.69 Å². The van der Waals surface area contributed by atoms with Gasteiger partial charge in [-0.25, -0.2) is 14.6 Å². The molecule has 0 radical (unpaired) electrons. The molecule has 158 valence electrons. The lowest BCUT2D eigenvalue weighted by atomic mass is 10.2. The quantitative estimate of drug-likeness (QED) is 0.182. The SMILES string of the molecule is O=C1OC(c2ccc([N+](=O)[O-])cc2)=N/C1=C\c1ccc(OC(=O)c2ccc(Cl)cc2)cc1. The highest BCUT2D eigenvalue weighted by atomic mass is 35.5. The lowest BCUT2D eigenvalue weighted by Crippen LogP contribution is -2.08. The van der Waals surface area contributed by atoms with Gasteiger partial charge < -0.3 is 9.47 Å². The number of hydrogen-bond acceptors (Lipinski definition) is 7. The number of rotatable bonds is 5. The van der Waals surface area contributed by atoms with Crippen LogP contribution in [0.5, 0.6) is 5.75 Å². The molecule has 1 aliphatic heterocycles. The highest BCUT2D eigenvalue weighted by Gasteiger charge is 2.24. The number of non-ortho nitro benzene ring substituents is 1. The van der Waals surface area contributed by atoms with Gasteiger partial charge in [0, 0.05) is 22.7 Å². The Morgan fingerprint density at radius 2 is 1.66 bits per heavy atom. The van der Waals surface area contributed by atoms with E-state index in [0.29, 0.717) is 27.5 Å². The summed E-state index contributed by atoms with van der Waals surface area (Å²) in [5, 5.41) is 11.3. The summed E-state index contributed by atoms with van der Waals surface area (Å²) in [6.45, 7) is 0. The van der Waals surface area contributed by atoms with Crippen molar-refractivity contribution in [1.29, 1.82) is 0 Å². The molecular formula is C23H13ClN2O6. The molecule has 1 heterocycles. The van der Waals surface area contributed by atoms with Crippen LogP contribution < -0.4 is 4.74 Å². The summed E-state index contributed by atoms with van der Waals surface area (Å²) in [4.78, 5) is 38.7. The van der Waals surface area contributed by atoms with Gasteiger partial charge in [0.1, 0.15) is 5.75 Å². The van der Waals surface area contributed by atoms with E-state index >= 15 is 0 Å². The normalized spacial score (nSPS) is 14.1. The third kappa shape index (κ3) is 4.71. The van der Waals surface area contributed by atoms with Crippen molar-refractivity contribution in [3.05, 3.63) is 110 Å². The molecule has 0 unspecified atom stereocenters. The van der Waals surface area contributed by atoms with E-state index < -0.39 is 16.9 Å². The number of esters is 2. The van der Waals surface area contributed by atoms with Crippen LogP contribution in [0.2, 0.25) is 5.02 Å². The minimum atomic E-state index is -0.642. The molecule has 0 fully saturated rings. The first-order valence-electron chi connectivity index (χ1n) is 9.24. The van der Waals surface area contributed by atoms with Crippen LogP contribution in [0.3, 0.4) is 0 Å². The Labute approximate surface area is 186 Å². The Morgan fingerprint density at radius 1 is 1.00 bits per heavy atom. The summed E-state index contributed by atoms with van der Waals surface area (Å²) in [6, 6.07) is 18.3. The minimum Gasteiger partial charge on any atom is -0.423 e. The van der Waals surface area contributed by atoms with Crippen molar-refractivity contribution >= 4 is 41.2 Å². The number of ether oxygens (including phenoxy) is 2. The second-order valence-electron chi connectivity index (χ2n) is 6.61. The van der Waals surface area contributed by atoms with E-state index in [4.69, 9.17) is 21.1 Å². The van der Waals surface area contributed by atoms with Crippen LogP contribution in [0, 0.1) is 10.1 Å². The number of nitrogens with zero attached hydrogens (tertiary/aromatic N) is 2. The van der Waals surface area contributed by atoms with Crippen molar-refractivity contribution in [3.8, 4) is 5.75 Å². The van der Waals surface area contributed by atoms with E-state index in [1.165, 1.54) is 30.3 Å². The smallest absolute Gasteiger partial charge is 0.363 e. The average Bonchev–Trinajstić information content (AvgIpc) is 3.15. The molecule has 32 heavy (non-hydrogen) atoms. The van der Waals surface area contributed by atoms with Crippen LogP contribution in [-0.4, -0.2) is 22.8 Å². The van der Waals surface area contributed by atoms with Crippen LogP contribution in [0.15, 0.2) is 83.5 Å². The fraction of sp³-hybridized carbons (Fsp3) is 0. The number of halogens is 1. The number of nitro benzene ring substituents is 1. The van der Waals surface area contributed by atoms with E-state index in [9.17, 15) is 19.7 Å². The van der Waals surface area contributed by atoms with Crippen LogP contribution >= 0.6 is 11.6 Å². The zero-order valence-electron chi connectivity index (χ0n) is 16.2. The summed E-state index contributed by atoms with van der Waals surface area (Å²) in [7, 11) is 0. The maximum Gasteiger partial charge on any atom is 0.363 e. The largest absolute Gasteiger partial charge is 0.423 e. The molecule has 8 nitrogen and oxygen atoms in total. The standard InChI is InChI=1S/C23H13ClN2O6/c24-17-7-3-16(4-8-17)22(27)31-19-11-1-14(2-12-19)13-20-23(28)32-21(25-20)15-5-9-18(10-6-15)26(29)30/h1-13H/b20-13-. The highest BCUT2D eigenvalue weighted by Crippen LogP contribution is 2.22. The fourth-order valence-electron chi connectivity index (χ4n) is 2.80. The Hall–Kier alpha value is -4.30. The van der Waals surface area contributed by atoms with Crippen molar-refractivity contribution in [2.24, 2.45) is 4.99 Å². The van der Waals surface area contributed by atoms with Gasteiger partial charge in [-0.2, -0.15) is 0 Å². The molecule has 3 aromatic carbocycles. The number of aliphatic imine (C=N–C) groups is 1. The monoisotopic (exact) mass is 448 g/mol. The Bertz CT molecular complexity index is 1260. The predicted molar refractivity (Wildman–Crippen MR) is 117 cm³/mol.